The van der Waals surface area contributed by atoms with Gasteiger partial charge in [0, 0.05) is 22.3 Å². The number of carbonyl (C=O) groups is 1. The Hall–Kier alpha value is -1.86. The second-order valence-corrected chi connectivity index (χ2v) is 8.17. The number of amides is 1. The molecule has 0 fully saturated rings. The molecule has 2 rings (SSSR count). The lowest BCUT2D eigenvalue weighted by Crippen LogP contribution is -2.32. The number of carbonyl (C=O) groups excluding carboxylic acids is 1. The van der Waals surface area contributed by atoms with Crippen LogP contribution in [-0.4, -0.2) is 26.6 Å². The number of hydrogen-bond acceptors (Lipinski definition) is 3. The second-order valence-electron chi connectivity index (χ2n) is 5.08. The van der Waals surface area contributed by atoms with Crippen LogP contribution in [0.15, 0.2) is 53.0 Å². The van der Waals surface area contributed by atoms with Gasteiger partial charge in [0.2, 0.25) is 10.0 Å². The highest BCUT2D eigenvalue weighted by atomic mass is 79.9. The van der Waals surface area contributed by atoms with Gasteiger partial charge in [0.05, 0.1) is 11.4 Å². The minimum atomic E-state index is -3.32. The van der Waals surface area contributed by atoms with Crippen molar-refractivity contribution in [3.63, 3.8) is 0 Å². The summed E-state index contributed by atoms with van der Waals surface area (Å²) in [7, 11) is -3.32. The molecule has 0 aliphatic heterocycles. The molecule has 0 unspecified atom stereocenters. The van der Waals surface area contributed by atoms with Crippen molar-refractivity contribution in [1.29, 1.82) is 0 Å². The molecule has 0 aliphatic carbocycles. The van der Waals surface area contributed by atoms with Gasteiger partial charge in [0.1, 0.15) is 0 Å². The van der Waals surface area contributed by atoms with E-state index < -0.39 is 10.0 Å². The lowest BCUT2D eigenvalue weighted by molar-refractivity contribution is 0.102. The maximum atomic E-state index is 12.3. The topological polar surface area (TPSA) is 66.5 Å². The largest absolute Gasteiger partial charge is 0.322 e. The van der Waals surface area contributed by atoms with Crippen LogP contribution < -0.4 is 9.62 Å². The fourth-order valence-electron chi connectivity index (χ4n) is 2.24. The first-order chi connectivity index (χ1) is 11.4. The van der Waals surface area contributed by atoms with Gasteiger partial charge in [0.15, 0.2) is 0 Å². The van der Waals surface area contributed by atoms with Crippen LogP contribution in [0.5, 0.6) is 0 Å². The van der Waals surface area contributed by atoms with Crippen molar-refractivity contribution >= 4 is 43.2 Å². The number of hydrogen-bond donors (Lipinski definition) is 1. The van der Waals surface area contributed by atoms with E-state index in [0.29, 0.717) is 23.5 Å². The highest BCUT2D eigenvalue weighted by molar-refractivity contribution is 9.10. The summed E-state index contributed by atoms with van der Waals surface area (Å²) in [5.41, 5.74) is 1.70. The molecule has 1 N–H and O–H groups in total. The van der Waals surface area contributed by atoms with E-state index in [1.165, 1.54) is 4.31 Å². The van der Waals surface area contributed by atoms with E-state index in [1.54, 1.807) is 50.2 Å². The van der Waals surface area contributed by atoms with Gasteiger partial charge in [-0.15, -0.1) is 0 Å². The van der Waals surface area contributed by atoms with E-state index in [2.05, 4.69) is 21.2 Å². The number of rotatable bonds is 6. The number of benzene rings is 2. The van der Waals surface area contributed by atoms with Gasteiger partial charge in [-0.3, -0.25) is 9.10 Å². The molecule has 2 aromatic rings. The van der Waals surface area contributed by atoms with Gasteiger partial charge < -0.3 is 5.32 Å². The summed E-state index contributed by atoms with van der Waals surface area (Å²) in [5, 5.41) is 2.80. The number of halogens is 1. The highest BCUT2D eigenvalue weighted by Crippen LogP contribution is 2.20. The van der Waals surface area contributed by atoms with Crippen molar-refractivity contribution < 1.29 is 13.2 Å². The third kappa shape index (κ3) is 4.36. The maximum absolute atomic E-state index is 12.3. The molecule has 0 bridgehead atoms. The van der Waals surface area contributed by atoms with Crippen molar-refractivity contribution in [3.05, 3.63) is 58.6 Å². The standard InChI is InChI=1S/C17H19BrN2O3S/c1-3-20(24(22,23)4-2)16-10-8-13(9-11-16)17(21)19-15-7-5-6-14(18)12-15/h5-12H,3-4H2,1-2H3,(H,19,21). The Kier molecular flexibility index (Phi) is 6.01. The normalized spacial score (nSPS) is 11.1. The smallest absolute Gasteiger partial charge is 0.255 e. The van der Waals surface area contributed by atoms with Gasteiger partial charge in [-0.25, -0.2) is 8.42 Å². The molecule has 0 saturated heterocycles. The van der Waals surface area contributed by atoms with Crippen LogP contribution in [0.1, 0.15) is 24.2 Å². The Morgan fingerprint density at radius 3 is 2.33 bits per heavy atom. The number of nitrogens with zero attached hydrogens (tertiary/aromatic N) is 1. The highest BCUT2D eigenvalue weighted by Gasteiger charge is 2.19. The van der Waals surface area contributed by atoms with Crippen LogP contribution in [0.4, 0.5) is 11.4 Å². The van der Waals surface area contributed by atoms with Crippen LogP contribution >= 0.6 is 15.9 Å². The molecule has 0 spiro atoms. The monoisotopic (exact) mass is 410 g/mol. The molecular weight excluding hydrogens is 392 g/mol. The van der Waals surface area contributed by atoms with E-state index in [-0.39, 0.29) is 11.7 Å². The second kappa shape index (κ2) is 7.81. The summed E-state index contributed by atoms with van der Waals surface area (Å²) in [6.45, 7) is 3.73. The molecule has 2 aromatic carbocycles. The molecule has 7 heteroatoms. The zero-order valence-electron chi connectivity index (χ0n) is 13.5. The maximum Gasteiger partial charge on any atom is 0.255 e. The fourth-order valence-corrected chi connectivity index (χ4v) is 3.79. The first kappa shape index (κ1) is 18.5. The number of sulfonamides is 1. The van der Waals surface area contributed by atoms with Crippen LogP contribution in [0.25, 0.3) is 0 Å². The molecule has 5 nitrogen and oxygen atoms in total. The Morgan fingerprint density at radius 2 is 1.79 bits per heavy atom. The lowest BCUT2D eigenvalue weighted by atomic mass is 10.2. The van der Waals surface area contributed by atoms with E-state index >= 15 is 0 Å². The molecule has 0 saturated carbocycles. The molecule has 128 valence electrons. The van der Waals surface area contributed by atoms with Crippen molar-refractivity contribution in [2.24, 2.45) is 0 Å². The summed E-state index contributed by atoms with van der Waals surface area (Å²) >= 11 is 3.35. The third-order valence-corrected chi connectivity index (χ3v) is 5.85. The first-order valence-corrected chi connectivity index (χ1v) is 9.95. The molecule has 0 aliphatic rings. The summed E-state index contributed by atoms with van der Waals surface area (Å²) in [6.07, 6.45) is 0. The Labute approximate surface area is 150 Å². The summed E-state index contributed by atoms with van der Waals surface area (Å²) in [4.78, 5) is 12.3. The van der Waals surface area contributed by atoms with Crippen LogP contribution in [0, 0.1) is 0 Å². The average Bonchev–Trinajstić information content (AvgIpc) is 2.56. The average molecular weight is 411 g/mol. The summed E-state index contributed by atoms with van der Waals surface area (Å²) in [6, 6.07) is 13.8. The Balaban J connectivity index is 2.18. The quantitative estimate of drug-likeness (QED) is 0.785. The minimum Gasteiger partial charge on any atom is -0.322 e. The molecule has 1 amide bonds. The van der Waals surface area contributed by atoms with Gasteiger partial charge in [-0.2, -0.15) is 0 Å². The lowest BCUT2D eigenvalue weighted by Gasteiger charge is -2.22. The van der Waals surface area contributed by atoms with E-state index in [1.807, 2.05) is 12.1 Å². The van der Waals surface area contributed by atoms with Crippen molar-refractivity contribution in [2.45, 2.75) is 13.8 Å². The van der Waals surface area contributed by atoms with Crippen molar-refractivity contribution in [3.8, 4) is 0 Å². The number of nitrogens with one attached hydrogen (secondary N) is 1. The van der Waals surface area contributed by atoms with Crippen LogP contribution in [0.3, 0.4) is 0 Å². The van der Waals surface area contributed by atoms with E-state index in [0.717, 1.165) is 4.47 Å². The van der Waals surface area contributed by atoms with Gasteiger partial charge in [0.25, 0.3) is 5.91 Å². The van der Waals surface area contributed by atoms with Crippen LogP contribution in [0.2, 0.25) is 0 Å². The third-order valence-electron chi connectivity index (χ3n) is 3.49. The number of anilines is 2. The van der Waals surface area contributed by atoms with Gasteiger partial charge in [-0.05, 0) is 56.3 Å². The molecule has 0 radical (unpaired) electrons. The SMILES string of the molecule is CCN(c1ccc(C(=O)Nc2cccc(Br)c2)cc1)S(=O)(=O)CC. The summed E-state index contributed by atoms with van der Waals surface area (Å²) < 4.78 is 26.3. The van der Waals surface area contributed by atoms with E-state index in [9.17, 15) is 13.2 Å². The Morgan fingerprint density at radius 1 is 1.12 bits per heavy atom. The zero-order valence-corrected chi connectivity index (χ0v) is 15.9. The molecular formula is C17H19BrN2O3S. The molecule has 0 atom stereocenters. The molecule has 0 aromatic heterocycles. The first-order valence-electron chi connectivity index (χ1n) is 7.54. The zero-order chi connectivity index (χ0) is 17.7. The summed E-state index contributed by atoms with van der Waals surface area (Å²) in [5.74, 6) is -0.215. The predicted molar refractivity (Wildman–Crippen MR) is 101 cm³/mol. The fraction of sp³-hybridized carbons (Fsp3) is 0.235. The Bertz CT molecular complexity index is 820. The molecule has 24 heavy (non-hydrogen) atoms. The minimum absolute atomic E-state index is 0.0337. The van der Waals surface area contributed by atoms with Gasteiger partial charge >= 0.3 is 0 Å². The van der Waals surface area contributed by atoms with Gasteiger partial charge in [-0.1, -0.05) is 22.0 Å². The van der Waals surface area contributed by atoms with Crippen molar-refractivity contribution in [1.82, 2.24) is 0 Å². The molecule has 0 heterocycles. The van der Waals surface area contributed by atoms with Crippen LogP contribution in [-0.2, 0) is 10.0 Å². The predicted octanol–water partition coefficient (Wildman–Crippen LogP) is 3.88. The van der Waals surface area contributed by atoms with Crippen molar-refractivity contribution in [2.75, 3.05) is 21.9 Å². The van der Waals surface area contributed by atoms with E-state index in [4.69, 9.17) is 0 Å².